The van der Waals surface area contributed by atoms with Crippen molar-refractivity contribution in [3.63, 3.8) is 0 Å². The smallest absolute Gasteiger partial charge is 0.263 e. The van der Waals surface area contributed by atoms with Crippen LogP contribution in [0, 0.1) is 5.92 Å². The molecule has 0 aliphatic carbocycles. The Hall–Kier alpha value is -2.67. The first kappa shape index (κ1) is 22.5. The lowest BCUT2D eigenvalue weighted by Gasteiger charge is -2.36. The van der Waals surface area contributed by atoms with Crippen LogP contribution in [0.5, 0.6) is 0 Å². The Morgan fingerprint density at radius 2 is 2.03 bits per heavy atom. The van der Waals surface area contributed by atoms with Crippen molar-refractivity contribution in [3.8, 4) is 0 Å². The monoisotopic (exact) mass is 439 g/mol. The number of carbonyl (C=O) groups is 3. The third-order valence-corrected chi connectivity index (χ3v) is 6.65. The zero-order chi connectivity index (χ0) is 22.8. The molecule has 4 rings (SSSR count). The van der Waals surface area contributed by atoms with Crippen LogP contribution in [-0.2, 0) is 9.53 Å². The molecule has 3 heterocycles. The summed E-state index contributed by atoms with van der Waals surface area (Å²) in [5.41, 5.74) is 2.65. The van der Waals surface area contributed by atoms with Gasteiger partial charge in [-0.2, -0.15) is 0 Å². The highest BCUT2D eigenvalue weighted by Gasteiger charge is 2.41. The quantitative estimate of drug-likeness (QED) is 0.482. The van der Waals surface area contributed by atoms with Gasteiger partial charge in [-0.05, 0) is 51.7 Å². The molecular formula is C25H33N3O4. The molecule has 0 radical (unpaired) electrons. The minimum Gasteiger partial charge on any atom is -0.376 e. The molecule has 2 atom stereocenters. The minimum atomic E-state index is -0.248. The zero-order valence-corrected chi connectivity index (χ0v) is 19.1. The summed E-state index contributed by atoms with van der Waals surface area (Å²) < 4.78 is 5.65. The van der Waals surface area contributed by atoms with Crippen molar-refractivity contribution in [2.45, 2.75) is 45.6 Å². The van der Waals surface area contributed by atoms with E-state index in [1.807, 2.05) is 30.9 Å². The molecule has 3 aliphatic rings. The first-order valence-corrected chi connectivity index (χ1v) is 11.7. The number of fused-ring (bicyclic) bond motifs is 1. The predicted octanol–water partition coefficient (Wildman–Crippen LogP) is 3.10. The van der Waals surface area contributed by atoms with E-state index in [2.05, 4.69) is 11.5 Å². The van der Waals surface area contributed by atoms with Crippen LogP contribution in [0.3, 0.4) is 0 Å². The van der Waals surface area contributed by atoms with Crippen LogP contribution in [0.4, 0.5) is 5.69 Å². The molecule has 0 bridgehead atoms. The number of hydrogen-bond donors (Lipinski definition) is 0. The van der Waals surface area contributed by atoms with Crippen LogP contribution < -0.4 is 4.90 Å². The Bertz CT molecular complexity index is 922. The van der Waals surface area contributed by atoms with Crippen molar-refractivity contribution >= 4 is 23.4 Å². The van der Waals surface area contributed by atoms with Gasteiger partial charge < -0.3 is 14.5 Å². The standard InChI is InChI=1S/C25H33N3O4/c1-4-26(14-17(2)3)23(29)18-8-6-12-27(15-18)21-11-5-10-20-22(21)25(31)28(24(20)30)16-19-9-7-13-32-19/h5,10-11,18-19H,2,4,6-9,12-16H2,1,3H3/t18-,19-/m0/s1. The summed E-state index contributed by atoms with van der Waals surface area (Å²) in [6, 6.07) is 5.46. The number of benzene rings is 1. The molecule has 0 saturated carbocycles. The third-order valence-electron chi connectivity index (χ3n) is 6.65. The predicted molar refractivity (Wildman–Crippen MR) is 123 cm³/mol. The van der Waals surface area contributed by atoms with E-state index in [4.69, 9.17) is 4.74 Å². The van der Waals surface area contributed by atoms with E-state index in [0.717, 1.165) is 43.5 Å². The maximum atomic E-state index is 13.3. The molecule has 0 aromatic heterocycles. The molecule has 3 aliphatic heterocycles. The fraction of sp³-hybridized carbons (Fsp3) is 0.560. The number of nitrogens with zero attached hydrogens (tertiary/aromatic N) is 3. The average Bonchev–Trinajstić information content (AvgIpc) is 3.40. The van der Waals surface area contributed by atoms with Crippen LogP contribution in [-0.4, -0.2) is 73.0 Å². The summed E-state index contributed by atoms with van der Waals surface area (Å²) in [6.07, 6.45) is 3.45. The van der Waals surface area contributed by atoms with Gasteiger partial charge in [-0.1, -0.05) is 18.2 Å². The van der Waals surface area contributed by atoms with E-state index in [1.165, 1.54) is 4.90 Å². The van der Waals surface area contributed by atoms with Gasteiger partial charge in [-0.3, -0.25) is 19.3 Å². The minimum absolute atomic E-state index is 0.0778. The Balaban J connectivity index is 1.54. The molecule has 3 amide bonds. The lowest BCUT2D eigenvalue weighted by atomic mass is 9.94. The van der Waals surface area contributed by atoms with Crippen molar-refractivity contribution in [2.75, 3.05) is 44.2 Å². The maximum Gasteiger partial charge on any atom is 0.263 e. The van der Waals surface area contributed by atoms with Crippen LogP contribution in [0.25, 0.3) is 0 Å². The van der Waals surface area contributed by atoms with Gasteiger partial charge in [0.1, 0.15) is 0 Å². The van der Waals surface area contributed by atoms with Gasteiger partial charge in [0.2, 0.25) is 5.91 Å². The number of piperidine rings is 1. The molecular weight excluding hydrogens is 406 g/mol. The van der Waals surface area contributed by atoms with E-state index < -0.39 is 0 Å². The molecule has 0 N–H and O–H groups in total. The summed E-state index contributed by atoms with van der Waals surface area (Å²) >= 11 is 0. The van der Waals surface area contributed by atoms with Gasteiger partial charge >= 0.3 is 0 Å². The first-order chi connectivity index (χ1) is 15.4. The number of amides is 3. The Kier molecular flexibility index (Phi) is 6.65. The van der Waals surface area contributed by atoms with Crippen molar-refractivity contribution in [1.29, 1.82) is 0 Å². The highest BCUT2D eigenvalue weighted by molar-refractivity contribution is 6.23. The maximum absolute atomic E-state index is 13.3. The van der Waals surface area contributed by atoms with Gasteiger partial charge in [-0.25, -0.2) is 0 Å². The number of imide groups is 1. The van der Waals surface area contributed by atoms with Crippen LogP contribution in [0.15, 0.2) is 30.4 Å². The van der Waals surface area contributed by atoms with Crippen molar-refractivity contribution in [2.24, 2.45) is 5.92 Å². The first-order valence-electron chi connectivity index (χ1n) is 11.7. The molecule has 2 saturated heterocycles. The molecule has 7 nitrogen and oxygen atoms in total. The lowest BCUT2D eigenvalue weighted by Crippen LogP contribution is -2.45. The van der Waals surface area contributed by atoms with Gasteiger partial charge in [0.15, 0.2) is 0 Å². The number of carbonyl (C=O) groups excluding carboxylic acids is 3. The topological polar surface area (TPSA) is 70.2 Å². The van der Waals surface area contributed by atoms with Crippen molar-refractivity contribution in [3.05, 3.63) is 41.5 Å². The molecule has 172 valence electrons. The largest absolute Gasteiger partial charge is 0.376 e. The van der Waals surface area contributed by atoms with Gasteiger partial charge in [0.25, 0.3) is 11.8 Å². The molecule has 0 unspecified atom stereocenters. The number of anilines is 1. The fourth-order valence-electron chi connectivity index (χ4n) is 5.06. The average molecular weight is 440 g/mol. The molecule has 7 heteroatoms. The second-order valence-corrected chi connectivity index (χ2v) is 9.15. The van der Waals surface area contributed by atoms with E-state index >= 15 is 0 Å². The van der Waals surface area contributed by atoms with Crippen molar-refractivity contribution < 1.29 is 19.1 Å². The summed E-state index contributed by atoms with van der Waals surface area (Å²) in [5.74, 6) is -0.489. The summed E-state index contributed by atoms with van der Waals surface area (Å²) in [7, 11) is 0. The Morgan fingerprint density at radius 3 is 2.72 bits per heavy atom. The number of likely N-dealkylation sites (N-methyl/N-ethyl adjacent to an activating group) is 1. The highest BCUT2D eigenvalue weighted by Crippen LogP contribution is 2.35. The Morgan fingerprint density at radius 1 is 1.22 bits per heavy atom. The van der Waals surface area contributed by atoms with Crippen LogP contribution >= 0.6 is 0 Å². The lowest BCUT2D eigenvalue weighted by molar-refractivity contribution is -0.135. The summed E-state index contributed by atoms with van der Waals surface area (Å²) in [4.78, 5) is 44.7. The van der Waals surface area contributed by atoms with E-state index in [-0.39, 0.29) is 29.7 Å². The second kappa shape index (κ2) is 9.45. The SMILES string of the molecule is C=C(C)CN(CC)C(=O)[C@H]1CCCN(c2cccc3c2C(=O)N(C[C@@H]2CCCO2)C3=O)C1. The number of hydrogen-bond acceptors (Lipinski definition) is 5. The van der Waals surface area contributed by atoms with E-state index in [9.17, 15) is 14.4 Å². The summed E-state index contributed by atoms with van der Waals surface area (Å²) in [5, 5.41) is 0. The molecule has 1 aromatic carbocycles. The zero-order valence-electron chi connectivity index (χ0n) is 19.1. The normalized spacial score (nSPS) is 22.9. The molecule has 2 fully saturated rings. The van der Waals surface area contributed by atoms with Gasteiger partial charge in [-0.15, -0.1) is 0 Å². The summed E-state index contributed by atoms with van der Waals surface area (Å²) in [6.45, 7) is 11.4. The third kappa shape index (κ3) is 4.31. The second-order valence-electron chi connectivity index (χ2n) is 9.15. The fourth-order valence-corrected chi connectivity index (χ4v) is 5.06. The molecule has 32 heavy (non-hydrogen) atoms. The number of rotatable bonds is 7. The van der Waals surface area contributed by atoms with Gasteiger partial charge in [0, 0.05) is 32.8 Å². The van der Waals surface area contributed by atoms with Crippen molar-refractivity contribution in [1.82, 2.24) is 9.80 Å². The number of ether oxygens (including phenoxy) is 1. The molecule has 0 spiro atoms. The van der Waals surface area contributed by atoms with Crippen LogP contribution in [0.1, 0.15) is 60.2 Å². The van der Waals surface area contributed by atoms with Crippen LogP contribution in [0.2, 0.25) is 0 Å². The molecule has 1 aromatic rings. The Labute approximate surface area is 190 Å². The van der Waals surface area contributed by atoms with E-state index in [0.29, 0.717) is 43.9 Å². The highest BCUT2D eigenvalue weighted by atomic mass is 16.5. The van der Waals surface area contributed by atoms with E-state index in [1.54, 1.807) is 6.07 Å². The van der Waals surface area contributed by atoms with Gasteiger partial charge in [0.05, 0.1) is 35.4 Å².